The van der Waals surface area contributed by atoms with E-state index in [1.165, 1.54) is 0 Å². The molecule has 1 saturated heterocycles. The quantitative estimate of drug-likeness (QED) is 0.778. The third-order valence-corrected chi connectivity index (χ3v) is 5.02. The van der Waals surface area contributed by atoms with E-state index < -0.39 is 0 Å². The van der Waals surface area contributed by atoms with Crippen LogP contribution in [0.2, 0.25) is 0 Å². The van der Waals surface area contributed by atoms with Gasteiger partial charge in [-0.1, -0.05) is 25.1 Å². The number of hydrogen-bond donors (Lipinski definition) is 2. The van der Waals surface area contributed by atoms with E-state index in [1.54, 1.807) is 6.92 Å². The summed E-state index contributed by atoms with van der Waals surface area (Å²) >= 11 is 0. The molecule has 1 aliphatic rings. The molecular weight excluding hydrogens is 342 g/mol. The fourth-order valence-corrected chi connectivity index (χ4v) is 3.68. The molecule has 0 saturated carbocycles. The van der Waals surface area contributed by atoms with E-state index in [-0.39, 0.29) is 17.9 Å². The summed E-state index contributed by atoms with van der Waals surface area (Å²) in [6.45, 7) is 7.75. The molecule has 0 radical (unpaired) electrons. The van der Waals surface area contributed by atoms with Gasteiger partial charge in [0.05, 0.1) is 5.52 Å². The molecule has 0 unspecified atom stereocenters. The zero-order valence-electron chi connectivity index (χ0n) is 16.2. The average Bonchev–Trinajstić information content (AvgIpc) is 3.02. The molecule has 2 amide bonds. The van der Waals surface area contributed by atoms with Crippen LogP contribution in [0, 0.1) is 0 Å². The highest BCUT2D eigenvalue weighted by Crippen LogP contribution is 2.18. The number of fused-ring (bicyclic) bond motifs is 1. The molecule has 7 heteroatoms. The predicted octanol–water partition coefficient (Wildman–Crippen LogP) is 1.78. The first-order valence-corrected chi connectivity index (χ1v) is 9.81. The predicted molar refractivity (Wildman–Crippen MR) is 106 cm³/mol. The van der Waals surface area contributed by atoms with E-state index in [0.717, 1.165) is 56.3 Å². The van der Waals surface area contributed by atoms with Crippen LogP contribution in [0.5, 0.6) is 0 Å². The molecule has 1 aliphatic heterocycles. The Morgan fingerprint density at radius 2 is 1.93 bits per heavy atom. The number of amides is 2. The van der Waals surface area contributed by atoms with Gasteiger partial charge in [-0.25, -0.2) is 0 Å². The van der Waals surface area contributed by atoms with Crippen LogP contribution in [0.1, 0.15) is 43.6 Å². The highest BCUT2D eigenvalue weighted by molar-refractivity contribution is 6.04. The summed E-state index contributed by atoms with van der Waals surface area (Å²) in [5.41, 5.74) is 1.51. The highest BCUT2D eigenvalue weighted by Gasteiger charge is 2.20. The Labute approximate surface area is 160 Å². The first kappa shape index (κ1) is 19.4. The van der Waals surface area contributed by atoms with Crippen molar-refractivity contribution in [3.8, 4) is 0 Å². The number of carbonyl (C=O) groups is 2. The van der Waals surface area contributed by atoms with Gasteiger partial charge >= 0.3 is 0 Å². The van der Waals surface area contributed by atoms with Gasteiger partial charge in [0.15, 0.2) is 5.69 Å². The number of benzene rings is 1. The van der Waals surface area contributed by atoms with Gasteiger partial charge in [0.2, 0.25) is 5.91 Å². The minimum Gasteiger partial charge on any atom is -0.354 e. The molecule has 2 aromatic rings. The van der Waals surface area contributed by atoms with Gasteiger partial charge in [-0.15, -0.1) is 0 Å². The van der Waals surface area contributed by atoms with E-state index in [0.29, 0.717) is 12.2 Å². The highest BCUT2D eigenvalue weighted by atomic mass is 16.2. The molecule has 2 N–H and O–H groups in total. The van der Waals surface area contributed by atoms with Crippen molar-refractivity contribution in [1.29, 1.82) is 0 Å². The van der Waals surface area contributed by atoms with Gasteiger partial charge in [-0.2, -0.15) is 5.10 Å². The van der Waals surface area contributed by atoms with Crippen molar-refractivity contribution in [3.63, 3.8) is 0 Å². The first-order valence-electron chi connectivity index (χ1n) is 9.81. The number of likely N-dealkylation sites (tertiary alicyclic amines) is 1. The van der Waals surface area contributed by atoms with E-state index in [2.05, 4.69) is 27.6 Å². The molecule has 1 aromatic carbocycles. The Bertz CT molecular complexity index is 793. The lowest BCUT2D eigenvalue weighted by Gasteiger charge is -2.32. The van der Waals surface area contributed by atoms with Crippen molar-refractivity contribution in [2.24, 2.45) is 0 Å². The second kappa shape index (κ2) is 8.99. The topological polar surface area (TPSA) is 79.3 Å². The maximum atomic E-state index is 12.6. The van der Waals surface area contributed by atoms with Gasteiger partial charge in [-0.3, -0.25) is 14.3 Å². The summed E-state index contributed by atoms with van der Waals surface area (Å²) in [6.07, 6.45) is 2.89. The van der Waals surface area contributed by atoms with Gasteiger partial charge in [0, 0.05) is 51.1 Å². The molecule has 0 aliphatic carbocycles. The lowest BCUT2D eigenvalue weighted by atomic mass is 10.1. The van der Waals surface area contributed by atoms with Crippen LogP contribution in [0.25, 0.3) is 10.9 Å². The van der Waals surface area contributed by atoms with Gasteiger partial charge in [0.1, 0.15) is 0 Å². The number of aryl methyl sites for hydroxylation is 1. The smallest absolute Gasteiger partial charge is 0.272 e. The summed E-state index contributed by atoms with van der Waals surface area (Å²) in [7, 11) is 0. The fourth-order valence-electron chi connectivity index (χ4n) is 3.68. The monoisotopic (exact) mass is 371 g/mol. The number of hydrogen-bond acceptors (Lipinski definition) is 4. The minimum atomic E-state index is -0.116. The van der Waals surface area contributed by atoms with Crippen LogP contribution in [0.3, 0.4) is 0 Å². The Balaban J connectivity index is 1.52. The van der Waals surface area contributed by atoms with Crippen LogP contribution in [0.4, 0.5) is 0 Å². The molecule has 1 fully saturated rings. The summed E-state index contributed by atoms with van der Waals surface area (Å²) in [5.74, 6) is -0.0790. The van der Waals surface area contributed by atoms with E-state index >= 15 is 0 Å². The number of para-hydroxylation sites is 1. The number of nitrogens with one attached hydrogen (secondary N) is 2. The number of nitrogens with zero attached hydrogens (tertiary/aromatic N) is 3. The standard InChI is InChI=1S/C20H29N5O2/c1-3-11-25-18-7-5-4-6-17(18)19(23-25)20(27)21-10-14-24-12-8-16(9-13-24)22-15(2)26/h4-7,16H,3,8-14H2,1-2H3,(H,21,27)(H,22,26). The molecule has 0 spiro atoms. The lowest BCUT2D eigenvalue weighted by Crippen LogP contribution is -2.46. The molecule has 0 atom stereocenters. The Morgan fingerprint density at radius 3 is 2.63 bits per heavy atom. The van der Waals surface area contributed by atoms with Crippen molar-refractivity contribution in [1.82, 2.24) is 25.3 Å². The van der Waals surface area contributed by atoms with Crippen molar-refractivity contribution in [2.75, 3.05) is 26.2 Å². The summed E-state index contributed by atoms with van der Waals surface area (Å²) in [4.78, 5) is 26.1. The number of aromatic nitrogens is 2. The maximum absolute atomic E-state index is 12.6. The van der Waals surface area contributed by atoms with Crippen LogP contribution >= 0.6 is 0 Å². The van der Waals surface area contributed by atoms with Gasteiger partial charge in [0.25, 0.3) is 5.91 Å². The van der Waals surface area contributed by atoms with Gasteiger partial charge in [-0.05, 0) is 25.3 Å². The zero-order valence-corrected chi connectivity index (χ0v) is 16.2. The first-order chi connectivity index (χ1) is 13.1. The summed E-state index contributed by atoms with van der Waals surface area (Å²) in [5, 5.41) is 11.4. The largest absolute Gasteiger partial charge is 0.354 e. The van der Waals surface area contributed by atoms with Crippen LogP contribution in [-0.4, -0.2) is 58.7 Å². The van der Waals surface area contributed by atoms with Crippen molar-refractivity contribution >= 4 is 22.7 Å². The Hall–Kier alpha value is -2.41. The van der Waals surface area contributed by atoms with Crippen molar-refractivity contribution in [2.45, 2.75) is 45.7 Å². The zero-order chi connectivity index (χ0) is 19.2. The van der Waals surface area contributed by atoms with Gasteiger partial charge < -0.3 is 15.5 Å². The molecule has 27 heavy (non-hydrogen) atoms. The van der Waals surface area contributed by atoms with E-state index in [1.807, 2.05) is 28.9 Å². The fraction of sp³-hybridized carbons (Fsp3) is 0.550. The molecule has 7 nitrogen and oxygen atoms in total. The molecular formula is C20H29N5O2. The average molecular weight is 371 g/mol. The third-order valence-electron chi connectivity index (χ3n) is 5.02. The second-order valence-corrected chi connectivity index (χ2v) is 7.16. The normalized spacial score (nSPS) is 15.8. The SMILES string of the molecule is CCCn1nc(C(=O)NCCN2CCC(NC(C)=O)CC2)c2ccccc21. The molecule has 146 valence electrons. The van der Waals surface area contributed by atoms with Crippen LogP contribution in [0.15, 0.2) is 24.3 Å². The number of rotatable bonds is 7. The second-order valence-electron chi connectivity index (χ2n) is 7.16. The Kier molecular flexibility index (Phi) is 6.45. The lowest BCUT2D eigenvalue weighted by molar-refractivity contribution is -0.119. The van der Waals surface area contributed by atoms with Crippen molar-refractivity contribution < 1.29 is 9.59 Å². The summed E-state index contributed by atoms with van der Waals surface area (Å²) in [6, 6.07) is 8.16. The van der Waals surface area contributed by atoms with E-state index in [9.17, 15) is 9.59 Å². The molecule has 1 aromatic heterocycles. The van der Waals surface area contributed by atoms with E-state index in [4.69, 9.17) is 0 Å². The third kappa shape index (κ3) is 4.86. The summed E-state index contributed by atoms with van der Waals surface area (Å²) < 4.78 is 1.91. The molecule has 3 rings (SSSR count). The van der Waals surface area contributed by atoms with Crippen molar-refractivity contribution in [3.05, 3.63) is 30.0 Å². The molecule has 0 bridgehead atoms. The molecule has 2 heterocycles. The Morgan fingerprint density at radius 1 is 1.19 bits per heavy atom. The number of carbonyl (C=O) groups excluding carboxylic acids is 2. The van der Waals surface area contributed by atoms with Crippen LogP contribution < -0.4 is 10.6 Å². The van der Waals surface area contributed by atoms with Crippen LogP contribution in [-0.2, 0) is 11.3 Å². The maximum Gasteiger partial charge on any atom is 0.272 e. The minimum absolute atomic E-state index is 0.0375. The number of piperidine rings is 1.